The van der Waals surface area contributed by atoms with Gasteiger partial charge in [0.25, 0.3) is 5.91 Å². The molecule has 6 nitrogen and oxygen atoms in total. The van der Waals surface area contributed by atoms with E-state index in [1.165, 1.54) is 12.1 Å². The van der Waals surface area contributed by atoms with Gasteiger partial charge in [-0.25, -0.2) is 4.39 Å². The van der Waals surface area contributed by atoms with Crippen LogP contribution in [-0.2, 0) is 15.8 Å². The maximum Gasteiger partial charge on any atom is 0.416 e. The number of rotatable bonds is 4. The zero-order chi connectivity index (χ0) is 26.9. The van der Waals surface area contributed by atoms with Crippen LogP contribution in [0.2, 0.25) is 0 Å². The highest BCUT2D eigenvalue weighted by Crippen LogP contribution is 2.54. The van der Waals surface area contributed by atoms with E-state index in [9.17, 15) is 27.9 Å². The van der Waals surface area contributed by atoms with Crippen molar-refractivity contribution >= 4 is 17.6 Å². The minimum atomic E-state index is -4.48. The molecular formula is C27H35F4N3O3. The molecule has 1 saturated carbocycles. The van der Waals surface area contributed by atoms with Gasteiger partial charge in [-0.3, -0.25) is 14.5 Å². The second kappa shape index (κ2) is 8.85. The molecule has 1 aromatic rings. The van der Waals surface area contributed by atoms with Crippen LogP contribution in [-0.4, -0.2) is 77.3 Å². The van der Waals surface area contributed by atoms with E-state index in [1.807, 2.05) is 30.6 Å². The third-order valence-corrected chi connectivity index (χ3v) is 8.95. The van der Waals surface area contributed by atoms with Gasteiger partial charge in [-0.15, -0.1) is 0 Å². The summed E-state index contributed by atoms with van der Waals surface area (Å²) in [7, 11) is 0. The summed E-state index contributed by atoms with van der Waals surface area (Å²) in [5, 5.41) is 9.32. The number of amides is 1. The monoisotopic (exact) mass is 525 g/mol. The van der Waals surface area contributed by atoms with Crippen molar-refractivity contribution in [3.63, 3.8) is 0 Å². The second-order valence-electron chi connectivity index (χ2n) is 12.2. The zero-order valence-corrected chi connectivity index (χ0v) is 21.5. The first-order valence-corrected chi connectivity index (χ1v) is 13.1. The molecule has 0 bridgehead atoms. The van der Waals surface area contributed by atoms with Gasteiger partial charge in [0.15, 0.2) is 0 Å². The molecule has 4 atom stereocenters. The fourth-order valence-electron chi connectivity index (χ4n) is 6.63. The number of hydrogen-bond donors (Lipinski definition) is 1. The molecule has 3 aliphatic heterocycles. The summed E-state index contributed by atoms with van der Waals surface area (Å²) in [5.41, 5.74) is -1.55. The summed E-state index contributed by atoms with van der Waals surface area (Å²) in [4.78, 5) is 30.0. The molecule has 204 valence electrons. The quantitative estimate of drug-likeness (QED) is 0.591. The van der Waals surface area contributed by atoms with Crippen molar-refractivity contribution in [2.24, 2.45) is 17.8 Å². The number of fused-ring (bicyclic) bond motifs is 1. The van der Waals surface area contributed by atoms with Crippen LogP contribution >= 0.6 is 0 Å². The SMILES string of the molecule is CC(C)(C)N1CC[C@](F)(C(=O)N2CCC(c3ccc(C(F)(F)F)cc3N3C[C@@H]4[C@H](C3)[C@H]4C(=O)O)CC2)C1. The van der Waals surface area contributed by atoms with Gasteiger partial charge in [0.05, 0.1) is 11.5 Å². The van der Waals surface area contributed by atoms with Crippen molar-refractivity contribution in [3.8, 4) is 0 Å². The average Bonchev–Trinajstić information content (AvgIpc) is 3.13. The van der Waals surface area contributed by atoms with Crippen LogP contribution in [0.5, 0.6) is 0 Å². The van der Waals surface area contributed by atoms with Crippen molar-refractivity contribution in [1.82, 2.24) is 9.80 Å². The Morgan fingerprint density at radius 3 is 2.16 bits per heavy atom. The van der Waals surface area contributed by atoms with Crippen LogP contribution in [0.1, 0.15) is 57.1 Å². The Labute approximate surface area is 214 Å². The van der Waals surface area contributed by atoms with Gasteiger partial charge in [0, 0.05) is 56.9 Å². The van der Waals surface area contributed by atoms with Gasteiger partial charge < -0.3 is 14.9 Å². The topological polar surface area (TPSA) is 64.1 Å². The number of alkyl halides is 4. The molecule has 4 aliphatic rings. The molecule has 0 spiro atoms. The number of benzene rings is 1. The molecule has 3 heterocycles. The Hall–Kier alpha value is -2.36. The van der Waals surface area contributed by atoms with E-state index in [0.717, 1.165) is 11.6 Å². The molecule has 37 heavy (non-hydrogen) atoms. The zero-order valence-electron chi connectivity index (χ0n) is 21.5. The predicted molar refractivity (Wildman–Crippen MR) is 130 cm³/mol. The Morgan fingerprint density at radius 2 is 1.65 bits per heavy atom. The summed E-state index contributed by atoms with van der Waals surface area (Å²) in [5.74, 6) is -1.84. The van der Waals surface area contributed by atoms with Gasteiger partial charge in [-0.1, -0.05) is 6.07 Å². The molecule has 3 saturated heterocycles. The van der Waals surface area contributed by atoms with Crippen LogP contribution in [0, 0.1) is 17.8 Å². The fourth-order valence-corrected chi connectivity index (χ4v) is 6.63. The highest BCUT2D eigenvalue weighted by atomic mass is 19.4. The second-order valence-corrected chi connectivity index (χ2v) is 12.2. The van der Waals surface area contributed by atoms with Gasteiger partial charge in [0.1, 0.15) is 0 Å². The average molecular weight is 526 g/mol. The van der Waals surface area contributed by atoms with Crippen LogP contribution < -0.4 is 4.90 Å². The van der Waals surface area contributed by atoms with Crippen molar-refractivity contribution in [3.05, 3.63) is 29.3 Å². The Morgan fingerprint density at radius 1 is 1.03 bits per heavy atom. The minimum absolute atomic E-state index is 0.0285. The standard InChI is InChI=1S/C27H35F4N3O3/c1-25(2,3)34-11-8-26(28,15-34)24(37)32-9-6-16(7-10-32)18-5-4-17(27(29,30)31)12-21(18)33-13-19-20(14-33)22(19)23(35)36/h4-5,12,16,19-20,22H,6-11,13-15H2,1-3H3,(H,35,36)/t19-,20+,22+,26-/m1/s1. The largest absolute Gasteiger partial charge is 0.481 e. The highest BCUT2D eigenvalue weighted by Gasteiger charge is 2.60. The molecule has 10 heteroatoms. The van der Waals surface area contributed by atoms with E-state index in [-0.39, 0.29) is 36.3 Å². The first-order chi connectivity index (χ1) is 17.2. The van der Waals surface area contributed by atoms with E-state index >= 15 is 4.39 Å². The number of piperidine rings is 2. The first kappa shape index (κ1) is 26.3. The molecule has 5 rings (SSSR count). The third kappa shape index (κ3) is 4.81. The van der Waals surface area contributed by atoms with Crippen LogP contribution in [0.4, 0.5) is 23.2 Å². The number of nitrogens with zero attached hydrogens (tertiary/aromatic N) is 3. The number of carboxylic acid groups (broad SMARTS) is 1. The van der Waals surface area contributed by atoms with Crippen LogP contribution in [0.25, 0.3) is 0 Å². The van der Waals surface area contributed by atoms with Crippen molar-refractivity contribution < 1.29 is 32.3 Å². The lowest BCUT2D eigenvalue weighted by Crippen LogP contribution is -2.51. The molecule has 1 aliphatic carbocycles. The van der Waals surface area contributed by atoms with E-state index in [1.54, 1.807) is 4.90 Å². The molecule has 0 unspecified atom stereocenters. The fraction of sp³-hybridized carbons (Fsp3) is 0.704. The van der Waals surface area contributed by atoms with E-state index in [2.05, 4.69) is 0 Å². The molecular weight excluding hydrogens is 490 g/mol. The number of carbonyl (C=O) groups is 2. The minimum Gasteiger partial charge on any atom is -0.481 e. The van der Waals surface area contributed by atoms with Crippen molar-refractivity contribution in [1.29, 1.82) is 0 Å². The Balaban J connectivity index is 1.29. The van der Waals surface area contributed by atoms with Crippen LogP contribution in [0.15, 0.2) is 18.2 Å². The van der Waals surface area contributed by atoms with Crippen molar-refractivity contribution in [2.75, 3.05) is 44.2 Å². The third-order valence-electron chi connectivity index (χ3n) is 8.95. The van der Waals surface area contributed by atoms with Gasteiger partial charge in [-0.2, -0.15) is 13.2 Å². The molecule has 0 aromatic heterocycles. The maximum atomic E-state index is 15.7. The summed E-state index contributed by atoms with van der Waals surface area (Å²) in [6, 6.07) is 3.82. The summed E-state index contributed by atoms with van der Waals surface area (Å²) < 4.78 is 56.2. The number of carbonyl (C=O) groups excluding carboxylic acids is 1. The number of halogens is 4. The number of carboxylic acids is 1. The highest BCUT2D eigenvalue weighted by molar-refractivity contribution is 5.86. The van der Waals surface area contributed by atoms with Crippen molar-refractivity contribution in [2.45, 2.75) is 63.3 Å². The Kier molecular flexibility index (Phi) is 6.28. The lowest BCUT2D eigenvalue weighted by molar-refractivity contribution is -0.144. The molecule has 0 radical (unpaired) electrons. The summed E-state index contributed by atoms with van der Waals surface area (Å²) in [6.07, 6.45) is -3.23. The molecule has 4 fully saturated rings. The summed E-state index contributed by atoms with van der Waals surface area (Å²) in [6.45, 7) is 8.19. The predicted octanol–water partition coefficient (Wildman–Crippen LogP) is 4.39. The summed E-state index contributed by atoms with van der Waals surface area (Å²) >= 11 is 0. The normalized spacial score (nSPS) is 31.1. The number of hydrogen-bond acceptors (Lipinski definition) is 4. The smallest absolute Gasteiger partial charge is 0.416 e. The van der Waals surface area contributed by atoms with Gasteiger partial charge in [-0.05, 0) is 69.1 Å². The first-order valence-electron chi connectivity index (χ1n) is 13.1. The Bertz CT molecular complexity index is 1070. The molecule has 1 amide bonds. The molecule has 1 aromatic carbocycles. The van der Waals surface area contributed by atoms with E-state index < -0.39 is 35.2 Å². The lowest BCUT2D eigenvalue weighted by atomic mass is 9.86. The van der Waals surface area contributed by atoms with E-state index in [4.69, 9.17) is 0 Å². The van der Waals surface area contributed by atoms with Crippen LogP contribution in [0.3, 0.4) is 0 Å². The maximum absolute atomic E-state index is 15.7. The molecule has 1 N–H and O–H groups in total. The van der Waals surface area contributed by atoms with E-state index in [0.29, 0.717) is 51.3 Å². The number of likely N-dealkylation sites (tertiary alicyclic amines) is 2. The number of aliphatic carboxylic acids is 1. The lowest BCUT2D eigenvalue weighted by Gasteiger charge is -2.37. The van der Waals surface area contributed by atoms with Gasteiger partial charge in [0.2, 0.25) is 5.67 Å². The van der Waals surface area contributed by atoms with Gasteiger partial charge >= 0.3 is 12.1 Å². The number of anilines is 1.